The fourth-order valence-corrected chi connectivity index (χ4v) is 3.14. The number of rotatable bonds is 8. The monoisotopic (exact) mass is 374 g/mol. The Balaban J connectivity index is 1.54. The number of hydrogen-bond donors (Lipinski definition) is 0. The average Bonchev–Trinajstić information content (AvgIpc) is 3.09. The Morgan fingerprint density at radius 1 is 1.04 bits per heavy atom. The minimum Gasteiger partial charge on any atom is -0.486 e. The highest BCUT2D eigenvalue weighted by molar-refractivity contribution is 7.09. The number of thiazole rings is 1. The third-order valence-corrected chi connectivity index (χ3v) is 4.70. The summed E-state index contributed by atoms with van der Waals surface area (Å²) < 4.78 is 5.73. The van der Waals surface area contributed by atoms with Gasteiger partial charge in [0, 0.05) is 16.9 Å². The molecule has 3 aromatic rings. The van der Waals surface area contributed by atoms with Crippen molar-refractivity contribution in [2.45, 2.75) is 19.7 Å². The SMILES string of the molecule is CON(Cc1ccccc1)Cc1csc(COc2ccc(Cl)cc2)n1. The van der Waals surface area contributed by atoms with Crippen LogP contribution < -0.4 is 4.74 Å². The van der Waals surface area contributed by atoms with Gasteiger partial charge in [-0.05, 0) is 29.8 Å². The topological polar surface area (TPSA) is 34.6 Å². The number of ether oxygens (including phenoxy) is 1. The third kappa shape index (κ3) is 5.54. The van der Waals surface area contributed by atoms with Gasteiger partial charge in [0.15, 0.2) is 0 Å². The van der Waals surface area contributed by atoms with E-state index in [2.05, 4.69) is 17.1 Å². The Bertz CT molecular complexity index is 778. The molecule has 0 amide bonds. The highest BCUT2D eigenvalue weighted by Gasteiger charge is 2.10. The lowest BCUT2D eigenvalue weighted by Gasteiger charge is -2.18. The Hall–Kier alpha value is -1.92. The van der Waals surface area contributed by atoms with E-state index in [0.717, 1.165) is 16.5 Å². The zero-order chi connectivity index (χ0) is 17.5. The summed E-state index contributed by atoms with van der Waals surface area (Å²) in [6.45, 7) is 1.78. The van der Waals surface area contributed by atoms with Crippen molar-refractivity contribution in [3.63, 3.8) is 0 Å². The van der Waals surface area contributed by atoms with Crippen LogP contribution in [-0.4, -0.2) is 17.2 Å². The van der Waals surface area contributed by atoms with Gasteiger partial charge in [0.05, 0.1) is 19.3 Å². The summed E-state index contributed by atoms with van der Waals surface area (Å²) in [6, 6.07) is 17.5. The molecule has 0 saturated carbocycles. The van der Waals surface area contributed by atoms with Gasteiger partial charge >= 0.3 is 0 Å². The first-order chi connectivity index (χ1) is 12.2. The highest BCUT2D eigenvalue weighted by atomic mass is 35.5. The van der Waals surface area contributed by atoms with Crippen molar-refractivity contribution in [2.75, 3.05) is 7.11 Å². The van der Waals surface area contributed by atoms with E-state index in [1.807, 2.05) is 52.9 Å². The van der Waals surface area contributed by atoms with Crippen LogP contribution in [-0.2, 0) is 24.5 Å². The predicted octanol–water partition coefficient (Wildman–Crippen LogP) is 4.94. The van der Waals surface area contributed by atoms with Crippen molar-refractivity contribution in [3.8, 4) is 5.75 Å². The van der Waals surface area contributed by atoms with Crippen LogP contribution in [0.25, 0.3) is 0 Å². The molecule has 0 fully saturated rings. The van der Waals surface area contributed by atoms with Crippen molar-refractivity contribution < 1.29 is 9.57 Å². The van der Waals surface area contributed by atoms with E-state index in [0.29, 0.717) is 24.7 Å². The van der Waals surface area contributed by atoms with Gasteiger partial charge in [-0.25, -0.2) is 4.98 Å². The fraction of sp³-hybridized carbons (Fsp3) is 0.211. The first-order valence-electron chi connectivity index (χ1n) is 7.87. The molecule has 0 saturated heterocycles. The Labute approximate surface area is 156 Å². The molecule has 25 heavy (non-hydrogen) atoms. The second-order valence-corrected chi connectivity index (χ2v) is 6.82. The molecule has 130 valence electrons. The van der Waals surface area contributed by atoms with E-state index in [1.165, 1.54) is 5.56 Å². The molecule has 3 rings (SSSR count). The lowest BCUT2D eigenvalue weighted by Crippen LogP contribution is -2.21. The zero-order valence-electron chi connectivity index (χ0n) is 13.9. The molecule has 0 aliphatic heterocycles. The largest absolute Gasteiger partial charge is 0.486 e. The Morgan fingerprint density at radius 3 is 2.52 bits per heavy atom. The molecule has 0 unspecified atom stereocenters. The molecule has 6 heteroatoms. The molecule has 2 aromatic carbocycles. The second-order valence-electron chi connectivity index (χ2n) is 5.44. The summed E-state index contributed by atoms with van der Waals surface area (Å²) in [7, 11) is 1.68. The number of halogens is 1. The van der Waals surface area contributed by atoms with E-state index in [1.54, 1.807) is 18.4 Å². The number of benzene rings is 2. The van der Waals surface area contributed by atoms with E-state index < -0.39 is 0 Å². The Morgan fingerprint density at radius 2 is 1.80 bits per heavy atom. The fourth-order valence-electron chi connectivity index (χ4n) is 2.32. The van der Waals surface area contributed by atoms with Crippen LogP contribution in [0.15, 0.2) is 60.0 Å². The van der Waals surface area contributed by atoms with Crippen LogP contribution in [0.4, 0.5) is 0 Å². The summed E-state index contributed by atoms with van der Waals surface area (Å²) in [4.78, 5) is 10.1. The molecular weight excluding hydrogens is 356 g/mol. The van der Waals surface area contributed by atoms with Crippen molar-refractivity contribution in [3.05, 3.63) is 81.3 Å². The van der Waals surface area contributed by atoms with Crippen LogP contribution in [0.2, 0.25) is 5.02 Å². The normalized spacial score (nSPS) is 11.0. The smallest absolute Gasteiger partial charge is 0.140 e. The average molecular weight is 375 g/mol. The van der Waals surface area contributed by atoms with E-state index in [-0.39, 0.29) is 0 Å². The summed E-state index contributed by atoms with van der Waals surface area (Å²) in [5, 5.41) is 5.55. The molecular formula is C19H19ClN2O2S. The molecule has 0 spiro atoms. The molecule has 1 aromatic heterocycles. The first-order valence-corrected chi connectivity index (χ1v) is 9.13. The molecule has 4 nitrogen and oxygen atoms in total. The molecule has 0 radical (unpaired) electrons. The third-order valence-electron chi connectivity index (χ3n) is 3.57. The molecule has 0 bridgehead atoms. The summed E-state index contributed by atoms with van der Waals surface area (Å²) in [5.41, 5.74) is 2.17. The van der Waals surface area contributed by atoms with Gasteiger partial charge in [-0.1, -0.05) is 41.9 Å². The standard InChI is InChI=1S/C19H19ClN2O2S/c1-23-22(11-15-5-3-2-4-6-15)12-17-14-25-19(21-17)13-24-18-9-7-16(20)8-10-18/h2-10,14H,11-13H2,1H3. The second kappa shape index (κ2) is 8.97. The van der Waals surface area contributed by atoms with Crippen LogP contribution >= 0.6 is 22.9 Å². The van der Waals surface area contributed by atoms with E-state index in [4.69, 9.17) is 21.2 Å². The predicted molar refractivity (Wildman–Crippen MR) is 101 cm³/mol. The molecule has 0 aliphatic rings. The quantitative estimate of drug-likeness (QED) is 0.523. The van der Waals surface area contributed by atoms with Crippen molar-refractivity contribution in [1.29, 1.82) is 0 Å². The summed E-state index contributed by atoms with van der Waals surface area (Å²) in [6.07, 6.45) is 0. The van der Waals surface area contributed by atoms with Crippen LogP contribution in [0.1, 0.15) is 16.3 Å². The van der Waals surface area contributed by atoms with Crippen LogP contribution in [0.3, 0.4) is 0 Å². The number of hydrogen-bond acceptors (Lipinski definition) is 5. The minimum absolute atomic E-state index is 0.442. The lowest BCUT2D eigenvalue weighted by molar-refractivity contribution is -0.147. The summed E-state index contributed by atoms with van der Waals surface area (Å²) >= 11 is 7.46. The number of nitrogens with zero attached hydrogens (tertiary/aromatic N) is 2. The van der Waals surface area contributed by atoms with Gasteiger partial charge in [0.2, 0.25) is 0 Å². The summed E-state index contributed by atoms with van der Waals surface area (Å²) in [5.74, 6) is 0.781. The molecule has 0 N–H and O–H groups in total. The van der Waals surface area contributed by atoms with Gasteiger partial charge in [-0.3, -0.25) is 0 Å². The molecule has 0 atom stereocenters. The number of hydroxylamine groups is 2. The molecule has 0 aliphatic carbocycles. The lowest BCUT2D eigenvalue weighted by atomic mass is 10.2. The highest BCUT2D eigenvalue weighted by Crippen LogP contribution is 2.19. The minimum atomic E-state index is 0.442. The number of aromatic nitrogens is 1. The zero-order valence-corrected chi connectivity index (χ0v) is 15.5. The van der Waals surface area contributed by atoms with Gasteiger partial charge in [-0.15, -0.1) is 11.3 Å². The van der Waals surface area contributed by atoms with E-state index in [9.17, 15) is 0 Å². The van der Waals surface area contributed by atoms with Gasteiger partial charge < -0.3 is 9.57 Å². The maximum Gasteiger partial charge on any atom is 0.140 e. The van der Waals surface area contributed by atoms with Crippen LogP contribution in [0, 0.1) is 0 Å². The maximum absolute atomic E-state index is 5.87. The van der Waals surface area contributed by atoms with E-state index >= 15 is 0 Å². The van der Waals surface area contributed by atoms with Crippen molar-refractivity contribution >= 4 is 22.9 Å². The maximum atomic E-state index is 5.87. The van der Waals surface area contributed by atoms with Crippen LogP contribution in [0.5, 0.6) is 5.75 Å². The first kappa shape index (κ1) is 17.9. The Kier molecular flexibility index (Phi) is 6.42. The molecule has 1 heterocycles. The van der Waals surface area contributed by atoms with Crippen molar-refractivity contribution in [1.82, 2.24) is 10.0 Å². The van der Waals surface area contributed by atoms with Gasteiger partial charge in [0.1, 0.15) is 17.4 Å². The van der Waals surface area contributed by atoms with Gasteiger partial charge in [-0.2, -0.15) is 5.06 Å². The van der Waals surface area contributed by atoms with Gasteiger partial charge in [0.25, 0.3) is 0 Å². The van der Waals surface area contributed by atoms with Crippen molar-refractivity contribution in [2.24, 2.45) is 0 Å².